The Balaban J connectivity index is 2.85. The van der Waals surface area contributed by atoms with Gasteiger partial charge in [0, 0.05) is 31.5 Å². The largest absolute Gasteiger partial charge is 0.368 e. The molecule has 15 heavy (non-hydrogen) atoms. The molecule has 0 aliphatic rings. The smallest absolute Gasteiger partial charge is 0.0560 e. The molecule has 2 N–H and O–H groups in total. The number of hydrogen-bond donors (Lipinski definition) is 1. The van der Waals surface area contributed by atoms with Crippen LogP contribution in [0.4, 0.5) is 5.69 Å². The van der Waals surface area contributed by atoms with Gasteiger partial charge in [0.1, 0.15) is 0 Å². The summed E-state index contributed by atoms with van der Waals surface area (Å²) in [5.41, 5.74) is 8.81. The van der Waals surface area contributed by atoms with Crippen LogP contribution in [0.2, 0.25) is 0 Å². The van der Waals surface area contributed by atoms with Crippen molar-refractivity contribution in [3.8, 4) is 0 Å². The molecule has 0 fully saturated rings. The molecule has 0 radical (unpaired) electrons. The maximum Gasteiger partial charge on any atom is 0.0560 e. The zero-order valence-corrected chi connectivity index (χ0v) is 9.53. The Hall–Kier alpha value is -1.35. The lowest BCUT2D eigenvalue weighted by molar-refractivity contribution is 0.872. The van der Waals surface area contributed by atoms with Gasteiger partial charge in [-0.2, -0.15) is 0 Å². The normalized spacial score (nSPS) is 10.1. The van der Waals surface area contributed by atoms with Crippen molar-refractivity contribution in [1.82, 2.24) is 4.98 Å². The number of pyridine rings is 1. The van der Waals surface area contributed by atoms with Crippen LogP contribution in [0.1, 0.15) is 19.5 Å². The molecule has 3 nitrogen and oxygen atoms in total. The molecule has 0 saturated heterocycles. The van der Waals surface area contributed by atoms with Crippen molar-refractivity contribution in [2.75, 3.05) is 18.0 Å². The summed E-state index contributed by atoms with van der Waals surface area (Å²) in [7, 11) is 0. The molecule has 1 rings (SSSR count). The minimum Gasteiger partial charge on any atom is -0.368 e. The first-order chi connectivity index (χ1) is 7.17. The van der Waals surface area contributed by atoms with Gasteiger partial charge in [0.25, 0.3) is 0 Å². The summed E-state index contributed by atoms with van der Waals surface area (Å²) in [5, 5.41) is 0. The van der Waals surface area contributed by atoms with E-state index in [0.717, 1.165) is 30.0 Å². The molecule has 0 spiro atoms. The lowest BCUT2D eigenvalue weighted by Gasteiger charge is -2.23. The van der Waals surface area contributed by atoms with E-state index in [9.17, 15) is 0 Å². The minimum atomic E-state index is 0.485. The summed E-state index contributed by atoms with van der Waals surface area (Å²) in [6.45, 7) is 10.4. The second kappa shape index (κ2) is 5.51. The molecule has 0 aliphatic carbocycles. The first kappa shape index (κ1) is 11.7. The van der Waals surface area contributed by atoms with E-state index in [4.69, 9.17) is 5.73 Å². The van der Waals surface area contributed by atoms with Gasteiger partial charge in [-0.25, -0.2) is 0 Å². The summed E-state index contributed by atoms with van der Waals surface area (Å²) in [4.78, 5) is 6.43. The number of likely N-dealkylation sites (N-methyl/N-ethyl adjacent to an activating group) is 1. The van der Waals surface area contributed by atoms with Crippen molar-refractivity contribution in [1.29, 1.82) is 0 Å². The molecular formula is C12H19N3. The lowest BCUT2D eigenvalue weighted by Crippen LogP contribution is -2.24. The Bertz CT molecular complexity index is 333. The molecule has 0 aromatic carbocycles. The second-order valence-electron chi connectivity index (χ2n) is 3.68. The van der Waals surface area contributed by atoms with Crippen molar-refractivity contribution >= 4 is 5.69 Å². The van der Waals surface area contributed by atoms with Gasteiger partial charge >= 0.3 is 0 Å². The number of aromatic nitrogens is 1. The van der Waals surface area contributed by atoms with Crippen LogP contribution in [0.15, 0.2) is 30.5 Å². The van der Waals surface area contributed by atoms with Crippen molar-refractivity contribution in [2.45, 2.75) is 20.4 Å². The summed E-state index contributed by atoms with van der Waals surface area (Å²) in [5.74, 6) is 0. The molecule has 82 valence electrons. The van der Waals surface area contributed by atoms with Crippen LogP contribution < -0.4 is 10.6 Å². The Morgan fingerprint density at radius 3 is 2.87 bits per heavy atom. The Kier molecular flexibility index (Phi) is 4.31. The fraction of sp³-hybridized carbons (Fsp3) is 0.417. The third-order valence-electron chi connectivity index (χ3n) is 2.22. The Labute approximate surface area is 91.6 Å². The third kappa shape index (κ3) is 3.36. The maximum atomic E-state index is 5.56. The number of hydrogen-bond acceptors (Lipinski definition) is 3. The van der Waals surface area contributed by atoms with Gasteiger partial charge in [-0.05, 0) is 26.0 Å². The summed E-state index contributed by atoms with van der Waals surface area (Å²) in [6, 6.07) is 4.04. The van der Waals surface area contributed by atoms with Crippen LogP contribution in [-0.4, -0.2) is 18.1 Å². The third-order valence-corrected chi connectivity index (χ3v) is 2.22. The van der Waals surface area contributed by atoms with E-state index in [-0.39, 0.29) is 0 Å². The molecule has 0 aliphatic heterocycles. The molecule has 0 unspecified atom stereocenters. The maximum absolute atomic E-state index is 5.56. The van der Waals surface area contributed by atoms with Crippen LogP contribution in [0.3, 0.4) is 0 Å². The zero-order valence-electron chi connectivity index (χ0n) is 9.53. The molecule has 0 saturated carbocycles. The topological polar surface area (TPSA) is 42.2 Å². The first-order valence-corrected chi connectivity index (χ1v) is 5.21. The van der Waals surface area contributed by atoms with Crippen LogP contribution in [0.25, 0.3) is 0 Å². The summed E-state index contributed by atoms with van der Waals surface area (Å²) < 4.78 is 0. The number of nitrogens with zero attached hydrogens (tertiary/aromatic N) is 2. The molecule has 0 amide bonds. The molecule has 3 heteroatoms. The average Bonchev–Trinajstić information content (AvgIpc) is 2.25. The SMILES string of the molecule is C=C(C)CN(CC)c1ccnc(CN)c1. The van der Waals surface area contributed by atoms with Gasteiger partial charge in [0.05, 0.1) is 5.69 Å². The van der Waals surface area contributed by atoms with Crippen LogP contribution in [-0.2, 0) is 6.54 Å². The van der Waals surface area contributed by atoms with Gasteiger partial charge in [0.15, 0.2) is 0 Å². The summed E-state index contributed by atoms with van der Waals surface area (Å²) in [6.07, 6.45) is 1.80. The van der Waals surface area contributed by atoms with Crippen LogP contribution in [0, 0.1) is 0 Å². The van der Waals surface area contributed by atoms with Crippen molar-refractivity contribution in [3.63, 3.8) is 0 Å². The average molecular weight is 205 g/mol. The fourth-order valence-electron chi connectivity index (χ4n) is 1.49. The number of nitrogens with two attached hydrogens (primary N) is 1. The quantitative estimate of drug-likeness (QED) is 0.747. The molecule has 1 aromatic rings. The van der Waals surface area contributed by atoms with Gasteiger partial charge in [-0.3, -0.25) is 4.98 Å². The van der Waals surface area contributed by atoms with Gasteiger partial charge < -0.3 is 10.6 Å². The highest BCUT2D eigenvalue weighted by molar-refractivity contribution is 5.47. The van der Waals surface area contributed by atoms with E-state index in [1.165, 1.54) is 0 Å². The van der Waals surface area contributed by atoms with E-state index in [2.05, 4.69) is 23.4 Å². The zero-order chi connectivity index (χ0) is 11.3. The van der Waals surface area contributed by atoms with Gasteiger partial charge in [0.2, 0.25) is 0 Å². The van der Waals surface area contributed by atoms with E-state index >= 15 is 0 Å². The van der Waals surface area contributed by atoms with E-state index < -0.39 is 0 Å². The molecule has 1 heterocycles. The molecule has 0 bridgehead atoms. The highest BCUT2D eigenvalue weighted by atomic mass is 15.1. The highest BCUT2D eigenvalue weighted by Gasteiger charge is 2.04. The van der Waals surface area contributed by atoms with Crippen molar-refractivity contribution < 1.29 is 0 Å². The van der Waals surface area contributed by atoms with E-state index in [1.807, 2.05) is 19.1 Å². The predicted molar refractivity (Wildman–Crippen MR) is 64.8 cm³/mol. The van der Waals surface area contributed by atoms with Crippen LogP contribution >= 0.6 is 0 Å². The number of anilines is 1. The standard InChI is InChI=1S/C12H19N3/c1-4-15(9-10(2)3)12-5-6-14-11(7-12)8-13/h5-7H,2,4,8-9,13H2,1,3H3. The Morgan fingerprint density at radius 1 is 1.60 bits per heavy atom. The monoisotopic (exact) mass is 205 g/mol. The highest BCUT2D eigenvalue weighted by Crippen LogP contribution is 2.15. The van der Waals surface area contributed by atoms with Crippen molar-refractivity contribution in [3.05, 3.63) is 36.2 Å². The minimum absolute atomic E-state index is 0.485. The molecule has 1 aromatic heterocycles. The Morgan fingerprint density at radius 2 is 2.33 bits per heavy atom. The summed E-state index contributed by atoms with van der Waals surface area (Å²) >= 11 is 0. The van der Waals surface area contributed by atoms with E-state index in [0.29, 0.717) is 6.54 Å². The lowest BCUT2D eigenvalue weighted by atomic mass is 10.2. The van der Waals surface area contributed by atoms with Crippen molar-refractivity contribution in [2.24, 2.45) is 5.73 Å². The van der Waals surface area contributed by atoms with Crippen LogP contribution in [0.5, 0.6) is 0 Å². The predicted octanol–water partition coefficient (Wildman–Crippen LogP) is 1.94. The van der Waals surface area contributed by atoms with Gasteiger partial charge in [-0.15, -0.1) is 0 Å². The molecular weight excluding hydrogens is 186 g/mol. The first-order valence-electron chi connectivity index (χ1n) is 5.21. The fourth-order valence-corrected chi connectivity index (χ4v) is 1.49. The second-order valence-corrected chi connectivity index (χ2v) is 3.68. The molecule has 0 atom stereocenters. The van der Waals surface area contributed by atoms with Gasteiger partial charge in [-0.1, -0.05) is 12.2 Å². The number of rotatable bonds is 5. The van der Waals surface area contributed by atoms with E-state index in [1.54, 1.807) is 6.20 Å².